The van der Waals surface area contributed by atoms with E-state index in [4.69, 9.17) is 4.74 Å². The molecule has 1 aliphatic heterocycles. The van der Waals surface area contributed by atoms with Crippen LogP contribution in [0.3, 0.4) is 0 Å². The Bertz CT molecular complexity index is 357. The van der Waals surface area contributed by atoms with Gasteiger partial charge in [-0.1, -0.05) is 0 Å². The Hall–Kier alpha value is -0.0418. The SMILES string of the molecule is COC1CC(C)(C)[N+](=O)C(C)(C)C1.[F][Sb-]([F])([F])([F])([F])[F]. The molecule has 0 aromatic carbocycles. The van der Waals surface area contributed by atoms with Crippen LogP contribution in [-0.4, -0.2) is 48.5 Å². The molecule has 0 radical (unpaired) electrons. The van der Waals surface area contributed by atoms with Crippen LogP contribution in [-0.2, 0) is 4.74 Å². The first-order valence-electron chi connectivity index (χ1n) is 5.81. The molecule has 20 heavy (non-hydrogen) atoms. The summed E-state index contributed by atoms with van der Waals surface area (Å²) < 4.78 is 66.1. The molecule has 1 rings (SSSR count). The van der Waals surface area contributed by atoms with Crippen LogP contribution in [0.25, 0.3) is 0 Å². The van der Waals surface area contributed by atoms with Crippen LogP contribution in [0.2, 0.25) is 0 Å². The second-order valence-electron chi connectivity index (χ2n) is 6.14. The predicted octanol–water partition coefficient (Wildman–Crippen LogP) is 4.27. The molecule has 0 N–H and O–H groups in total. The standard InChI is InChI=1S/C10H20NO2.6FH.Sb/c1-9(2)6-8(13-5)7-10(3,4)11(9)12;;;;;;;/h8H,6-7H2,1-5H3;6*1H;/q+1;;;;;;;+5/p-6. The molecule has 0 unspecified atom stereocenters. The van der Waals surface area contributed by atoms with Crippen molar-refractivity contribution < 1.29 is 26.4 Å². The van der Waals surface area contributed by atoms with Gasteiger partial charge in [-0.05, 0) is 0 Å². The van der Waals surface area contributed by atoms with Gasteiger partial charge in [0.1, 0.15) is 0 Å². The number of nitroso groups, excluding NO2 is 1. The number of hydrogen-bond acceptors (Lipinski definition) is 2. The summed E-state index contributed by atoms with van der Waals surface area (Å²) in [6.45, 7) is 7.92. The summed E-state index contributed by atoms with van der Waals surface area (Å²) in [7, 11) is 1.72. The number of nitrogens with zero attached hydrogens (tertiary/aromatic N) is 1. The van der Waals surface area contributed by atoms with Crippen molar-refractivity contribution in [3.05, 3.63) is 4.91 Å². The second kappa shape index (κ2) is 4.73. The molecule has 0 amide bonds. The van der Waals surface area contributed by atoms with Gasteiger partial charge in [-0.25, -0.2) is 0 Å². The van der Waals surface area contributed by atoms with E-state index in [9.17, 15) is 21.8 Å². The van der Waals surface area contributed by atoms with E-state index in [-0.39, 0.29) is 17.2 Å². The van der Waals surface area contributed by atoms with Crippen molar-refractivity contribution in [3.63, 3.8) is 0 Å². The molecule has 1 saturated heterocycles. The molecule has 1 heterocycles. The van der Waals surface area contributed by atoms with Crippen LogP contribution in [0.1, 0.15) is 40.5 Å². The van der Waals surface area contributed by atoms with Crippen molar-refractivity contribution in [2.45, 2.75) is 57.7 Å². The Morgan fingerprint density at radius 1 is 0.950 bits per heavy atom. The zero-order valence-electron chi connectivity index (χ0n) is 12.0. The molecule has 0 bridgehead atoms. The third-order valence-corrected chi connectivity index (χ3v) is 2.89. The van der Waals surface area contributed by atoms with E-state index in [1.54, 1.807) is 7.11 Å². The zero-order valence-corrected chi connectivity index (χ0v) is 14.5. The Labute approximate surface area is 116 Å². The molecule has 0 spiro atoms. The van der Waals surface area contributed by atoms with Crippen LogP contribution in [0.15, 0.2) is 0 Å². The van der Waals surface area contributed by atoms with Crippen molar-refractivity contribution in [2.75, 3.05) is 7.11 Å². The van der Waals surface area contributed by atoms with Crippen molar-refractivity contribution >= 4 is 19.5 Å². The Balaban J connectivity index is 0.000000441. The van der Waals surface area contributed by atoms with Gasteiger partial charge in [0.15, 0.2) is 0 Å². The first-order chi connectivity index (χ1) is 8.24. The average molecular weight is 422 g/mol. The topological polar surface area (TPSA) is 29.3 Å². The molecular weight excluding hydrogens is 402 g/mol. The molecule has 0 saturated carbocycles. The second-order valence-corrected chi connectivity index (χ2v) is 11.6. The van der Waals surface area contributed by atoms with Gasteiger partial charge in [-0.3, -0.25) is 0 Å². The summed E-state index contributed by atoms with van der Waals surface area (Å²) in [4.78, 5) is 11.9. The molecule has 1 fully saturated rings. The number of ether oxygens (including phenoxy) is 1. The fourth-order valence-electron chi connectivity index (χ4n) is 2.34. The van der Waals surface area contributed by atoms with Gasteiger partial charge in [0.2, 0.25) is 11.1 Å². The number of methoxy groups -OCH3 is 1. The van der Waals surface area contributed by atoms with Gasteiger partial charge < -0.3 is 4.74 Å². The molecule has 124 valence electrons. The fraction of sp³-hybridized carbons (Fsp3) is 1.00. The minimum absolute atomic E-state index is 0.218. The average Bonchev–Trinajstić information content (AvgIpc) is 2.07. The Morgan fingerprint density at radius 3 is 1.40 bits per heavy atom. The monoisotopic (exact) mass is 421 g/mol. The molecule has 0 atom stereocenters. The van der Waals surface area contributed by atoms with Gasteiger partial charge in [-0.2, -0.15) is 0 Å². The number of halogens is 6. The molecule has 0 aromatic heterocycles. The third-order valence-electron chi connectivity index (χ3n) is 2.89. The van der Waals surface area contributed by atoms with Crippen molar-refractivity contribution in [2.24, 2.45) is 0 Å². The first-order valence-corrected chi connectivity index (χ1v) is 11.6. The maximum absolute atomic E-state index is 11.9. The zero-order chi connectivity index (χ0) is 16.7. The van der Waals surface area contributed by atoms with Crippen molar-refractivity contribution in [3.8, 4) is 0 Å². The molecule has 3 nitrogen and oxygen atoms in total. The molecule has 0 aliphatic carbocycles. The van der Waals surface area contributed by atoms with Crippen molar-refractivity contribution in [1.82, 2.24) is 0 Å². The van der Waals surface area contributed by atoms with Crippen LogP contribution in [0.4, 0.5) is 16.9 Å². The molecular formula is C10H20F6NO2Sb. The normalized spacial score (nSPS) is 26.1. The van der Waals surface area contributed by atoms with Crippen LogP contribution in [0, 0.1) is 4.91 Å². The van der Waals surface area contributed by atoms with Gasteiger partial charge in [0, 0.05) is 57.3 Å². The third kappa shape index (κ3) is 9.00. The van der Waals surface area contributed by atoms with Gasteiger partial charge in [-0.15, -0.1) is 0 Å². The summed E-state index contributed by atoms with van der Waals surface area (Å²) in [5.41, 5.74) is -0.606. The molecule has 1 aliphatic rings. The minimum atomic E-state index is -11.2. The predicted molar refractivity (Wildman–Crippen MR) is 64.2 cm³/mol. The summed E-state index contributed by atoms with van der Waals surface area (Å²) in [6.07, 6.45) is 1.85. The maximum atomic E-state index is 11.9. The summed E-state index contributed by atoms with van der Waals surface area (Å²) in [5.74, 6) is 0. The summed E-state index contributed by atoms with van der Waals surface area (Å²) in [5, 5.41) is 0. The van der Waals surface area contributed by atoms with E-state index in [2.05, 4.69) is 0 Å². The van der Waals surface area contributed by atoms with Crippen LogP contribution >= 0.6 is 0 Å². The molecule has 0 aromatic rings. The fourth-order valence-corrected chi connectivity index (χ4v) is 2.34. The van der Waals surface area contributed by atoms with E-state index in [0.29, 0.717) is 0 Å². The van der Waals surface area contributed by atoms with Crippen LogP contribution < -0.4 is 0 Å². The van der Waals surface area contributed by atoms with E-state index in [0.717, 1.165) is 12.8 Å². The molecule has 10 heteroatoms. The summed E-state index contributed by atoms with van der Waals surface area (Å²) in [6, 6.07) is 0. The van der Waals surface area contributed by atoms with Crippen LogP contribution in [0.5, 0.6) is 0 Å². The quantitative estimate of drug-likeness (QED) is 0.359. The van der Waals surface area contributed by atoms with Gasteiger partial charge in [0.05, 0.1) is 6.10 Å². The summed E-state index contributed by atoms with van der Waals surface area (Å²) >= 11 is -11.2. The number of piperidine rings is 1. The first kappa shape index (κ1) is 20.0. The van der Waals surface area contributed by atoms with E-state index in [1.165, 1.54) is 4.76 Å². The van der Waals surface area contributed by atoms with E-state index < -0.39 is 19.5 Å². The van der Waals surface area contributed by atoms with Gasteiger partial charge in [0.25, 0.3) is 0 Å². The van der Waals surface area contributed by atoms with Gasteiger partial charge >= 0.3 is 36.4 Å². The number of hydrogen-bond donors (Lipinski definition) is 0. The van der Waals surface area contributed by atoms with E-state index in [1.807, 2.05) is 27.7 Å². The number of rotatable bonds is 1. The Kier molecular flexibility index (Phi) is 4.72. The Morgan fingerprint density at radius 2 is 1.20 bits per heavy atom. The van der Waals surface area contributed by atoms with Crippen molar-refractivity contribution in [1.29, 1.82) is 0 Å². The van der Waals surface area contributed by atoms with E-state index >= 15 is 0 Å².